The highest BCUT2D eigenvalue weighted by molar-refractivity contribution is 6.37. The average molecular weight is 330 g/mol. The van der Waals surface area contributed by atoms with E-state index in [0.29, 0.717) is 10.0 Å². The normalized spacial score (nSPS) is 14.3. The zero-order valence-corrected chi connectivity index (χ0v) is 11.9. The quantitative estimate of drug-likeness (QED) is 0.682. The van der Waals surface area contributed by atoms with Crippen molar-refractivity contribution in [3.63, 3.8) is 0 Å². The molecule has 0 aliphatic carbocycles. The monoisotopic (exact) mass is 329 g/mol. The van der Waals surface area contributed by atoms with E-state index in [0.717, 1.165) is 0 Å². The predicted molar refractivity (Wildman–Crippen MR) is 72.8 cm³/mol. The number of benzene rings is 1. The van der Waals surface area contributed by atoms with Crippen LogP contribution in [-0.4, -0.2) is 48.5 Å². The van der Waals surface area contributed by atoms with Crippen LogP contribution in [-0.2, 0) is 0 Å². The molecule has 8 heteroatoms. The van der Waals surface area contributed by atoms with Crippen LogP contribution in [0, 0.1) is 0 Å². The fourth-order valence-electron chi connectivity index (χ4n) is 1.35. The average Bonchev–Trinajstić information content (AvgIpc) is 2.37. The van der Waals surface area contributed by atoms with E-state index >= 15 is 0 Å². The fraction of sp³-hybridized carbons (Fsp3) is 0.500. The van der Waals surface area contributed by atoms with Gasteiger partial charge in [-0.3, -0.25) is 0 Å². The van der Waals surface area contributed by atoms with Crippen molar-refractivity contribution in [1.82, 2.24) is 5.32 Å². The third kappa shape index (κ3) is 5.76. The van der Waals surface area contributed by atoms with Gasteiger partial charge in [0.05, 0.1) is 10.0 Å². The first-order valence-corrected chi connectivity index (χ1v) is 6.59. The van der Waals surface area contributed by atoms with Crippen LogP contribution in [0.4, 0.5) is 8.78 Å². The predicted octanol–water partition coefficient (Wildman–Crippen LogP) is 1.95. The molecule has 0 radical (unpaired) electrons. The minimum absolute atomic E-state index is 0.00808. The number of hydrogen-bond acceptors (Lipinski definition) is 4. The van der Waals surface area contributed by atoms with Crippen LogP contribution in [0.25, 0.3) is 0 Å². The maximum absolute atomic E-state index is 12.0. The van der Waals surface area contributed by atoms with Crippen LogP contribution in [0.5, 0.6) is 5.75 Å². The van der Waals surface area contributed by atoms with E-state index in [1.165, 1.54) is 0 Å². The van der Waals surface area contributed by atoms with Gasteiger partial charge in [0.2, 0.25) is 0 Å². The van der Waals surface area contributed by atoms with Crippen molar-refractivity contribution in [3.05, 3.63) is 28.2 Å². The van der Waals surface area contributed by atoms with Gasteiger partial charge >= 0.3 is 0 Å². The Bertz CT molecular complexity index is 403. The Morgan fingerprint density at radius 2 is 1.75 bits per heavy atom. The van der Waals surface area contributed by atoms with Gasteiger partial charge in [0.15, 0.2) is 5.75 Å². The first kappa shape index (κ1) is 17.4. The van der Waals surface area contributed by atoms with Gasteiger partial charge in [-0.25, -0.2) is 8.78 Å². The van der Waals surface area contributed by atoms with Crippen molar-refractivity contribution >= 4 is 23.2 Å². The summed E-state index contributed by atoms with van der Waals surface area (Å²) in [6.07, 6.45) is -5.54. The second-order valence-corrected chi connectivity index (χ2v) is 4.89. The molecule has 0 aliphatic heterocycles. The number of para-hydroxylation sites is 1. The van der Waals surface area contributed by atoms with Gasteiger partial charge in [-0.1, -0.05) is 29.3 Å². The molecule has 1 aromatic rings. The van der Waals surface area contributed by atoms with Gasteiger partial charge in [0.25, 0.3) is 6.43 Å². The van der Waals surface area contributed by atoms with Gasteiger partial charge in [0.1, 0.15) is 18.8 Å². The molecule has 0 saturated heterocycles. The number of halogens is 4. The lowest BCUT2D eigenvalue weighted by Crippen LogP contribution is -2.38. The third-order valence-electron chi connectivity index (χ3n) is 2.36. The molecule has 0 heterocycles. The minimum atomic E-state index is -2.82. The number of aliphatic hydroxyl groups excluding tert-OH is 2. The number of hydrogen-bond donors (Lipinski definition) is 3. The summed E-state index contributed by atoms with van der Waals surface area (Å²) >= 11 is 11.7. The number of aliphatic hydroxyl groups is 2. The Morgan fingerprint density at radius 3 is 2.30 bits per heavy atom. The SMILES string of the molecule is OC(CNCC(O)C(F)F)COc1c(Cl)cccc1Cl. The van der Waals surface area contributed by atoms with Crippen molar-refractivity contribution in [2.45, 2.75) is 18.6 Å². The number of nitrogens with one attached hydrogen (secondary N) is 1. The summed E-state index contributed by atoms with van der Waals surface area (Å²) < 4.78 is 29.3. The van der Waals surface area contributed by atoms with Crippen molar-refractivity contribution in [2.24, 2.45) is 0 Å². The highest BCUT2D eigenvalue weighted by Gasteiger charge is 2.17. The molecular weight excluding hydrogens is 315 g/mol. The molecule has 0 aliphatic rings. The van der Waals surface area contributed by atoms with Crippen LogP contribution < -0.4 is 10.1 Å². The van der Waals surface area contributed by atoms with Gasteiger partial charge in [-0.05, 0) is 12.1 Å². The van der Waals surface area contributed by atoms with E-state index < -0.39 is 18.6 Å². The summed E-state index contributed by atoms with van der Waals surface area (Å²) in [6, 6.07) is 4.83. The highest BCUT2D eigenvalue weighted by Crippen LogP contribution is 2.32. The first-order chi connectivity index (χ1) is 9.41. The van der Waals surface area contributed by atoms with Gasteiger partial charge in [0, 0.05) is 13.1 Å². The van der Waals surface area contributed by atoms with Crippen molar-refractivity contribution in [3.8, 4) is 5.75 Å². The van der Waals surface area contributed by atoms with Crippen LogP contribution >= 0.6 is 23.2 Å². The van der Waals surface area contributed by atoms with Gasteiger partial charge in [-0.2, -0.15) is 0 Å². The Hall–Kier alpha value is -0.660. The van der Waals surface area contributed by atoms with Crippen molar-refractivity contribution in [2.75, 3.05) is 19.7 Å². The molecule has 1 aromatic carbocycles. The Balaban J connectivity index is 2.31. The van der Waals surface area contributed by atoms with Crippen LogP contribution in [0.2, 0.25) is 10.0 Å². The third-order valence-corrected chi connectivity index (χ3v) is 2.96. The van der Waals surface area contributed by atoms with Gasteiger partial charge < -0.3 is 20.3 Å². The number of rotatable bonds is 8. The number of alkyl halides is 2. The summed E-state index contributed by atoms with van der Waals surface area (Å²) in [6.45, 7) is -0.436. The van der Waals surface area contributed by atoms with E-state index in [1.807, 2.05) is 0 Å². The lowest BCUT2D eigenvalue weighted by molar-refractivity contribution is -0.00529. The minimum Gasteiger partial charge on any atom is -0.488 e. The molecule has 0 saturated carbocycles. The van der Waals surface area contributed by atoms with Crippen molar-refractivity contribution in [1.29, 1.82) is 0 Å². The van der Waals surface area contributed by atoms with Gasteiger partial charge in [-0.15, -0.1) is 0 Å². The van der Waals surface area contributed by atoms with Crippen molar-refractivity contribution < 1.29 is 23.7 Å². The molecule has 0 bridgehead atoms. The lowest BCUT2D eigenvalue weighted by Gasteiger charge is -2.16. The zero-order valence-electron chi connectivity index (χ0n) is 10.4. The van der Waals surface area contributed by atoms with Crippen LogP contribution in [0.15, 0.2) is 18.2 Å². The van der Waals surface area contributed by atoms with Crippen LogP contribution in [0.1, 0.15) is 0 Å². The molecule has 20 heavy (non-hydrogen) atoms. The van der Waals surface area contributed by atoms with E-state index in [9.17, 15) is 13.9 Å². The van der Waals surface area contributed by atoms with E-state index in [2.05, 4.69) is 5.32 Å². The molecule has 114 valence electrons. The Morgan fingerprint density at radius 1 is 1.15 bits per heavy atom. The molecule has 2 unspecified atom stereocenters. The van der Waals surface area contributed by atoms with E-state index in [1.54, 1.807) is 18.2 Å². The maximum Gasteiger partial charge on any atom is 0.265 e. The lowest BCUT2D eigenvalue weighted by atomic mass is 10.3. The molecule has 4 nitrogen and oxygen atoms in total. The topological polar surface area (TPSA) is 61.7 Å². The second-order valence-electron chi connectivity index (χ2n) is 4.08. The fourth-order valence-corrected chi connectivity index (χ4v) is 1.85. The molecule has 0 fully saturated rings. The standard InChI is InChI=1S/C12H15Cl2F2NO3/c13-8-2-1-3-9(14)11(8)20-6-7(18)4-17-5-10(19)12(15)16/h1-3,7,10,12,17-19H,4-6H2. The number of ether oxygens (including phenoxy) is 1. The first-order valence-electron chi connectivity index (χ1n) is 5.83. The maximum atomic E-state index is 12.0. The highest BCUT2D eigenvalue weighted by atomic mass is 35.5. The molecule has 3 N–H and O–H groups in total. The molecule has 2 atom stereocenters. The molecule has 1 rings (SSSR count). The zero-order chi connectivity index (χ0) is 15.1. The second kappa shape index (κ2) is 8.59. The molecular formula is C12H15Cl2F2NO3. The summed E-state index contributed by atoms with van der Waals surface area (Å²) in [5.41, 5.74) is 0. The van der Waals surface area contributed by atoms with E-state index in [4.69, 9.17) is 33.0 Å². The van der Waals surface area contributed by atoms with Crippen LogP contribution in [0.3, 0.4) is 0 Å². The summed E-state index contributed by atoms with van der Waals surface area (Å²) in [4.78, 5) is 0. The van der Waals surface area contributed by atoms with E-state index in [-0.39, 0.29) is 25.4 Å². The molecule has 0 amide bonds. The smallest absolute Gasteiger partial charge is 0.265 e. The summed E-state index contributed by atoms with van der Waals surface area (Å²) in [5.74, 6) is 0.252. The summed E-state index contributed by atoms with van der Waals surface area (Å²) in [5, 5.41) is 21.6. The largest absolute Gasteiger partial charge is 0.488 e. The summed E-state index contributed by atoms with van der Waals surface area (Å²) in [7, 11) is 0. The Labute approximate surface area is 125 Å². The molecule has 0 spiro atoms. The molecule has 0 aromatic heterocycles. The Kier molecular flexibility index (Phi) is 7.47.